The van der Waals surface area contributed by atoms with E-state index in [4.69, 9.17) is 4.74 Å². The van der Waals surface area contributed by atoms with E-state index in [1.807, 2.05) is 19.2 Å². The molecule has 1 aromatic carbocycles. The zero-order valence-corrected chi connectivity index (χ0v) is 15.4. The van der Waals surface area contributed by atoms with Crippen LogP contribution in [0.4, 0.5) is 0 Å². The fraction of sp³-hybridized carbons (Fsp3) is 0.579. The Balaban J connectivity index is 1.69. The molecule has 0 aromatic heterocycles. The Kier molecular flexibility index (Phi) is 5.78. The second-order valence-electron chi connectivity index (χ2n) is 7.12. The molecule has 26 heavy (non-hydrogen) atoms. The summed E-state index contributed by atoms with van der Waals surface area (Å²) in [6.45, 7) is 2.07. The zero-order valence-electron chi connectivity index (χ0n) is 15.4. The van der Waals surface area contributed by atoms with Gasteiger partial charge in [-0.1, -0.05) is 12.1 Å². The molecule has 7 nitrogen and oxygen atoms in total. The van der Waals surface area contributed by atoms with Gasteiger partial charge < -0.3 is 15.2 Å². The highest BCUT2D eigenvalue weighted by molar-refractivity contribution is 5.83. The highest BCUT2D eigenvalue weighted by Gasteiger charge is 2.44. The molecule has 0 radical (unpaired) electrons. The van der Waals surface area contributed by atoms with Gasteiger partial charge in [-0.2, -0.15) is 0 Å². The summed E-state index contributed by atoms with van der Waals surface area (Å²) in [5.74, 6) is 0.0815. The molecule has 7 heteroatoms. The summed E-state index contributed by atoms with van der Waals surface area (Å²) in [4.78, 5) is 28.6. The standard InChI is InChI=1S/C19H27N3O4/c1-21-14(5-8-17(24)26-2)11-20-19(25)18-16(21)9-10-22(18)12-13-3-6-15(23)7-4-13/h3-4,6-7,14,16,18,23H,5,8-12H2,1-2H3,(H,20,25). The van der Waals surface area contributed by atoms with Crippen molar-refractivity contribution < 1.29 is 19.4 Å². The van der Waals surface area contributed by atoms with E-state index >= 15 is 0 Å². The number of likely N-dealkylation sites (N-methyl/N-ethyl adjacent to an activating group) is 1. The molecule has 3 atom stereocenters. The number of nitrogens with zero attached hydrogens (tertiary/aromatic N) is 2. The minimum atomic E-state index is -0.217. The van der Waals surface area contributed by atoms with Crippen molar-refractivity contribution in [2.45, 2.75) is 43.9 Å². The molecule has 1 amide bonds. The van der Waals surface area contributed by atoms with E-state index in [0.717, 1.165) is 18.5 Å². The summed E-state index contributed by atoms with van der Waals surface area (Å²) < 4.78 is 4.74. The van der Waals surface area contributed by atoms with Crippen molar-refractivity contribution in [3.8, 4) is 5.75 Å². The van der Waals surface area contributed by atoms with Crippen molar-refractivity contribution in [1.29, 1.82) is 0 Å². The number of phenols is 1. The van der Waals surface area contributed by atoms with Crippen LogP contribution in [-0.4, -0.2) is 72.2 Å². The van der Waals surface area contributed by atoms with Crippen molar-refractivity contribution in [2.24, 2.45) is 0 Å². The van der Waals surface area contributed by atoms with Gasteiger partial charge in [-0.3, -0.25) is 19.4 Å². The Morgan fingerprint density at radius 2 is 2.08 bits per heavy atom. The molecular formula is C19H27N3O4. The number of nitrogens with one attached hydrogen (secondary N) is 1. The number of aromatic hydroxyl groups is 1. The predicted molar refractivity (Wildman–Crippen MR) is 96.5 cm³/mol. The Hall–Kier alpha value is -2.12. The van der Waals surface area contributed by atoms with Crippen molar-refractivity contribution in [3.63, 3.8) is 0 Å². The number of ether oxygens (including phenoxy) is 1. The number of phenolic OH excluding ortho intramolecular Hbond substituents is 1. The number of hydrogen-bond acceptors (Lipinski definition) is 6. The third-order valence-corrected chi connectivity index (χ3v) is 5.58. The van der Waals surface area contributed by atoms with Crippen LogP contribution in [0.1, 0.15) is 24.8 Å². The number of carbonyl (C=O) groups is 2. The molecule has 0 bridgehead atoms. The molecule has 0 aliphatic carbocycles. The first-order valence-corrected chi connectivity index (χ1v) is 9.08. The monoisotopic (exact) mass is 361 g/mol. The lowest BCUT2D eigenvalue weighted by Crippen LogP contribution is -2.49. The van der Waals surface area contributed by atoms with Gasteiger partial charge >= 0.3 is 5.97 Å². The van der Waals surface area contributed by atoms with Crippen LogP contribution in [0.3, 0.4) is 0 Å². The lowest BCUT2D eigenvalue weighted by atomic mass is 10.0. The Labute approximate surface area is 153 Å². The maximum atomic E-state index is 12.7. The molecule has 1 aromatic rings. The number of amides is 1. The molecule has 2 heterocycles. The maximum Gasteiger partial charge on any atom is 0.305 e. The van der Waals surface area contributed by atoms with Gasteiger partial charge in [0, 0.05) is 38.1 Å². The first-order chi connectivity index (χ1) is 12.5. The normalized spacial score (nSPS) is 26.8. The quantitative estimate of drug-likeness (QED) is 0.752. The Morgan fingerprint density at radius 1 is 1.35 bits per heavy atom. The SMILES string of the molecule is COC(=O)CCC1CNC(=O)C2C(CCN2Cc2ccc(O)cc2)N1C. The first-order valence-electron chi connectivity index (χ1n) is 9.08. The highest BCUT2D eigenvalue weighted by atomic mass is 16.5. The van der Waals surface area contributed by atoms with Gasteiger partial charge in [-0.15, -0.1) is 0 Å². The van der Waals surface area contributed by atoms with Crippen LogP contribution < -0.4 is 5.32 Å². The molecular weight excluding hydrogens is 334 g/mol. The van der Waals surface area contributed by atoms with Crippen LogP contribution in [0.5, 0.6) is 5.75 Å². The molecule has 2 fully saturated rings. The van der Waals surface area contributed by atoms with E-state index in [1.54, 1.807) is 12.1 Å². The van der Waals surface area contributed by atoms with Crippen LogP contribution in [0.25, 0.3) is 0 Å². The average molecular weight is 361 g/mol. The van der Waals surface area contributed by atoms with E-state index in [1.165, 1.54) is 7.11 Å². The van der Waals surface area contributed by atoms with Gasteiger partial charge in [0.15, 0.2) is 0 Å². The third kappa shape index (κ3) is 3.99. The van der Waals surface area contributed by atoms with Gasteiger partial charge in [-0.05, 0) is 37.6 Å². The number of hydrogen-bond donors (Lipinski definition) is 2. The van der Waals surface area contributed by atoms with Crippen LogP contribution in [0.2, 0.25) is 0 Å². The third-order valence-electron chi connectivity index (χ3n) is 5.58. The van der Waals surface area contributed by atoms with Crippen LogP contribution in [-0.2, 0) is 20.9 Å². The summed E-state index contributed by atoms with van der Waals surface area (Å²) in [6.07, 6.45) is 1.95. The van der Waals surface area contributed by atoms with E-state index < -0.39 is 0 Å². The van der Waals surface area contributed by atoms with Crippen molar-refractivity contribution in [2.75, 3.05) is 27.2 Å². The van der Waals surface area contributed by atoms with Crippen LogP contribution in [0.15, 0.2) is 24.3 Å². The van der Waals surface area contributed by atoms with Crippen molar-refractivity contribution in [3.05, 3.63) is 29.8 Å². The molecule has 0 spiro atoms. The van der Waals surface area contributed by atoms with E-state index in [-0.39, 0.29) is 35.8 Å². The first kappa shape index (κ1) is 18.7. The van der Waals surface area contributed by atoms with E-state index in [9.17, 15) is 14.7 Å². The Bertz CT molecular complexity index is 649. The number of fused-ring (bicyclic) bond motifs is 1. The molecule has 142 valence electrons. The largest absolute Gasteiger partial charge is 0.508 e. The van der Waals surface area contributed by atoms with Crippen LogP contribution in [0, 0.1) is 0 Å². The van der Waals surface area contributed by atoms with E-state index in [0.29, 0.717) is 25.9 Å². The minimum Gasteiger partial charge on any atom is -0.508 e. The smallest absolute Gasteiger partial charge is 0.305 e. The fourth-order valence-electron chi connectivity index (χ4n) is 4.05. The van der Waals surface area contributed by atoms with Crippen molar-refractivity contribution in [1.82, 2.24) is 15.1 Å². The second kappa shape index (κ2) is 8.05. The molecule has 0 saturated carbocycles. The van der Waals surface area contributed by atoms with Crippen LogP contribution >= 0.6 is 0 Å². The number of carbonyl (C=O) groups excluding carboxylic acids is 2. The second-order valence-corrected chi connectivity index (χ2v) is 7.12. The van der Waals surface area contributed by atoms with Gasteiger partial charge in [0.2, 0.25) is 5.91 Å². The summed E-state index contributed by atoms with van der Waals surface area (Å²) in [6, 6.07) is 7.19. The number of benzene rings is 1. The molecule has 2 N–H and O–H groups in total. The highest BCUT2D eigenvalue weighted by Crippen LogP contribution is 2.28. The number of likely N-dealkylation sites (tertiary alicyclic amines) is 1. The minimum absolute atomic E-state index is 0.0543. The van der Waals surface area contributed by atoms with Crippen molar-refractivity contribution >= 4 is 11.9 Å². The Morgan fingerprint density at radius 3 is 2.77 bits per heavy atom. The fourth-order valence-corrected chi connectivity index (χ4v) is 4.05. The molecule has 2 aliphatic heterocycles. The number of esters is 1. The molecule has 2 saturated heterocycles. The average Bonchev–Trinajstić information content (AvgIpc) is 3.01. The molecule has 3 rings (SSSR count). The summed E-state index contributed by atoms with van der Waals surface area (Å²) in [5.41, 5.74) is 1.07. The summed E-state index contributed by atoms with van der Waals surface area (Å²) >= 11 is 0. The summed E-state index contributed by atoms with van der Waals surface area (Å²) in [5, 5.41) is 12.5. The number of rotatable bonds is 5. The molecule has 2 aliphatic rings. The number of methoxy groups -OCH3 is 1. The lowest BCUT2D eigenvalue weighted by molar-refractivity contribution is -0.141. The molecule has 3 unspecified atom stereocenters. The van der Waals surface area contributed by atoms with Gasteiger partial charge in [0.1, 0.15) is 11.8 Å². The van der Waals surface area contributed by atoms with E-state index in [2.05, 4.69) is 15.1 Å². The van der Waals surface area contributed by atoms with Gasteiger partial charge in [-0.25, -0.2) is 0 Å². The zero-order chi connectivity index (χ0) is 18.7. The summed E-state index contributed by atoms with van der Waals surface area (Å²) in [7, 11) is 3.44. The lowest BCUT2D eigenvalue weighted by Gasteiger charge is -2.33. The maximum absolute atomic E-state index is 12.7. The van der Waals surface area contributed by atoms with Gasteiger partial charge in [0.05, 0.1) is 7.11 Å². The predicted octanol–water partition coefficient (Wildman–Crippen LogP) is 0.719. The topological polar surface area (TPSA) is 82.1 Å². The van der Waals surface area contributed by atoms with Gasteiger partial charge in [0.25, 0.3) is 0 Å².